The van der Waals surface area contributed by atoms with Crippen LogP contribution in [0.1, 0.15) is 25.0 Å². The summed E-state index contributed by atoms with van der Waals surface area (Å²) in [6.45, 7) is 4.71. The van der Waals surface area contributed by atoms with E-state index >= 15 is 0 Å². The Labute approximate surface area is 303 Å². The van der Waals surface area contributed by atoms with Gasteiger partial charge >= 0.3 is 0 Å². The normalized spacial score (nSPS) is 13.0. The van der Waals surface area contributed by atoms with Crippen molar-refractivity contribution in [1.82, 2.24) is 0 Å². The zero-order valence-electron chi connectivity index (χ0n) is 29.1. The highest BCUT2D eigenvalue weighted by Gasteiger charge is 2.38. The number of hydrogen-bond acceptors (Lipinski definition) is 3. The van der Waals surface area contributed by atoms with E-state index in [2.05, 4.69) is 206 Å². The van der Waals surface area contributed by atoms with E-state index in [9.17, 15) is 0 Å². The summed E-state index contributed by atoms with van der Waals surface area (Å²) in [5.41, 5.74) is 13.4. The van der Waals surface area contributed by atoms with Crippen molar-refractivity contribution in [1.29, 1.82) is 0 Å². The fourth-order valence-electron chi connectivity index (χ4n) is 8.47. The number of anilines is 6. The molecule has 0 atom stereocenters. The van der Waals surface area contributed by atoms with Gasteiger partial charge in [0, 0.05) is 44.3 Å². The van der Waals surface area contributed by atoms with Gasteiger partial charge in [-0.2, -0.15) is 0 Å². The van der Waals surface area contributed by atoms with Crippen molar-refractivity contribution in [3.05, 3.63) is 193 Å². The van der Waals surface area contributed by atoms with Crippen molar-refractivity contribution >= 4 is 66.8 Å². The van der Waals surface area contributed by atoms with Crippen LogP contribution in [0.2, 0.25) is 0 Å². The monoisotopic (exact) mass is 668 g/mol. The molecular formula is C49H36N2O. The van der Waals surface area contributed by atoms with Crippen LogP contribution in [-0.4, -0.2) is 0 Å². The quantitative estimate of drug-likeness (QED) is 0.176. The summed E-state index contributed by atoms with van der Waals surface area (Å²) in [6, 6.07) is 65.2. The number of para-hydroxylation sites is 3. The van der Waals surface area contributed by atoms with Gasteiger partial charge in [-0.3, -0.25) is 0 Å². The van der Waals surface area contributed by atoms with Gasteiger partial charge in [0.2, 0.25) is 0 Å². The Hall–Kier alpha value is -6.58. The molecule has 0 saturated carbocycles. The largest absolute Gasteiger partial charge is 0.453 e. The molecule has 10 rings (SSSR count). The number of nitrogens with zero attached hydrogens (tertiary/aromatic N) is 2. The minimum absolute atomic E-state index is 0.176. The Morgan fingerprint density at radius 2 is 0.942 bits per heavy atom. The van der Waals surface area contributed by atoms with Crippen LogP contribution in [-0.2, 0) is 5.41 Å². The third kappa shape index (κ3) is 4.59. The number of benzene rings is 8. The molecule has 1 aliphatic rings. The average Bonchev–Trinajstić information content (AvgIpc) is 3.70. The predicted molar refractivity (Wildman–Crippen MR) is 218 cm³/mol. The molecule has 0 radical (unpaired) electrons. The molecule has 1 aliphatic carbocycles. The summed E-state index contributed by atoms with van der Waals surface area (Å²) in [5.74, 6) is 0. The zero-order valence-corrected chi connectivity index (χ0v) is 29.1. The molecule has 0 aliphatic heterocycles. The lowest BCUT2D eigenvalue weighted by Gasteiger charge is -2.33. The molecule has 1 heterocycles. The van der Waals surface area contributed by atoms with Crippen LogP contribution >= 0.6 is 0 Å². The smallest absolute Gasteiger partial charge is 0.159 e. The summed E-state index contributed by atoms with van der Waals surface area (Å²) < 4.78 is 6.89. The van der Waals surface area contributed by atoms with E-state index in [1.54, 1.807) is 0 Å². The molecule has 8 aromatic carbocycles. The van der Waals surface area contributed by atoms with Crippen LogP contribution in [0.15, 0.2) is 186 Å². The first-order valence-corrected chi connectivity index (χ1v) is 17.9. The van der Waals surface area contributed by atoms with E-state index < -0.39 is 0 Å². The summed E-state index contributed by atoms with van der Waals surface area (Å²) in [6.07, 6.45) is 0. The van der Waals surface area contributed by atoms with Crippen LogP contribution in [0.4, 0.5) is 34.1 Å². The lowest BCUT2D eigenvalue weighted by Crippen LogP contribution is -2.21. The Morgan fingerprint density at radius 3 is 1.71 bits per heavy atom. The molecule has 0 fully saturated rings. The first-order chi connectivity index (χ1) is 25.6. The van der Waals surface area contributed by atoms with Gasteiger partial charge in [0.1, 0.15) is 5.58 Å². The van der Waals surface area contributed by atoms with E-state index in [1.165, 1.54) is 33.3 Å². The van der Waals surface area contributed by atoms with E-state index in [-0.39, 0.29) is 5.41 Å². The highest BCUT2D eigenvalue weighted by atomic mass is 16.3. The second-order valence-corrected chi connectivity index (χ2v) is 14.2. The second kappa shape index (κ2) is 11.8. The standard InChI is InChI=1S/C49H36N2O/c1-49(2)43-27-12-11-24-39(43)40-25-14-28-44(46(40)49)50(34-17-5-3-6-18-34)36-21-13-22-37(32-36)51(35-19-7-4-8-20-35)45-29-15-26-41-42-31-30-33-16-9-10-23-38(33)47(42)52-48(41)45/h3-32H,1-2H3. The average molecular weight is 669 g/mol. The molecular weight excluding hydrogens is 633 g/mol. The number of hydrogen-bond donors (Lipinski definition) is 0. The second-order valence-electron chi connectivity index (χ2n) is 14.2. The third-order valence-corrected chi connectivity index (χ3v) is 10.8. The summed E-state index contributed by atoms with van der Waals surface area (Å²) >= 11 is 0. The Kier molecular flexibility index (Phi) is 6.84. The van der Waals surface area contributed by atoms with Gasteiger partial charge in [-0.15, -0.1) is 0 Å². The highest BCUT2D eigenvalue weighted by Crippen LogP contribution is 2.54. The maximum Gasteiger partial charge on any atom is 0.159 e. The first kappa shape index (κ1) is 30.3. The van der Waals surface area contributed by atoms with Crippen LogP contribution in [0.5, 0.6) is 0 Å². The Morgan fingerprint density at radius 1 is 0.404 bits per heavy atom. The molecule has 52 heavy (non-hydrogen) atoms. The van der Waals surface area contributed by atoms with Gasteiger partial charge in [0.15, 0.2) is 5.58 Å². The van der Waals surface area contributed by atoms with Crippen molar-refractivity contribution in [2.75, 3.05) is 9.80 Å². The van der Waals surface area contributed by atoms with Crippen molar-refractivity contribution in [2.45, 2.75) is 19.3 Å². The molecule has 3 nitrogen and oxygen atoms in total. The molecule has 0 bridgehead atoms. The van der Waals surface area contributed by atoms with Crippen molar-refractivity contribution in [3.8, 4) is 11.1 Å². The van der Waals surface area contributed by atoms with Gasteiger partial charge in [0.25, 0.3) is 0 Å². The maximum atomic E-state index is 6.89. The summed E-state index contributed by atoms with van der Waals surface area (Å²) in [7, 11) is 0. The van der Waals surface area contributed by atoms with E-state index in [1.807, 2.05) is 0 Å². The number of fused-ring (bicyclic) bond motifs is 8. The molecule has 0 spiro atoms. The molecule has 3 heteroatoms. The number of rotatable bonds is 6. The van der Waals surface area contributed by atoms with Gasteiger partial charge in [-0.25, -0.2) is 0 Å². The maximum absolute atomic E-state index is 6.89. The fourth-order valence-corrected chi connectivity index (χ4v) is 8.47. The molecule has 248 valence electrons. The van der Waals surface area contributed by atoms with Crippen LogP contribution in [0, 0.1) is 0 Å². The molecule has 0 unspecified atom stereocenters. The molecule has 0 amide bonds. The topological polar surface area (TPSA) is 19.6 Å². The highest BCUT2D eigenvalue weighted by molar-refractivity contribution is 6.17. The lowest BCUT2D eigenvalue weighted by atomic mass is 9.81. The van der Waals surface area contributed by atoms with Gasteiger partial charge < -0.3 is 14.2 Å². The van der Waals surface area contributed by atoms with Gasteiger partial charge in [-0.1, -0.05) is 135 Å². The van der Waals surface area contributed by atoms with Crippen molar-refractivity contribution < 1.29 is 4.42 Å². The minimum atomic E-state index is -0.176. The fraction of sp³-hybridized carbons (Fsp3) is 0.0612. The van der Waals surface area contributed by atoms with E-state index in [0.29, 0.717) is 0 Å². The van der Waals surface area contributed by atoms with Crippen LogP contribution in [0.3, 0.4) is 0 Å². The van der Waals surface area contributed by atoms with Crippen molar-refractivity contribution in [2.24, 2.45) is 0 Å². The predicted octanol–water partition coefficient (Wildman–Crippen LogP) is 14.0. The van der Waals surface area contributed by atoms with E-state index in [0.717, 1.165) is 55.8 Å². The lowest BCUT2D eigenvalue weighted by molar-refractivity contribution is 0.661. The van der Waals surface area contributed by atoms with E-state index in [4.69, 9.17) is 4.42 Å². The molecule has 9 aromatic rings. The van der Waals surface area contributed by atoms with Crippen molar-refractivity contribution in [3.63, 3.8) is 0 Å². The summed E-state index contributed by atoms with van der Waals surface area (Å²) in [5, 5.41) is 4.51. The minimum Gasteiger partial charge on any atom is -0.453 e. The molecule has 0 N–H and O–H groups in total. The van der Waals surface area contributed by atoms with Gasteiger partial charge in [0.05, 0.1) is 11.4 Å². The Bertz CT molecular complexity index is 2780. The number of furan rings is 1. The zero-order chi connectivity index (χ0) is 34.8. The first-order valence-electron chi connectivity index (χ1n) is 17.9. The Balaban J connectivity index is 1.19. The summed E-state index contributed by atoms with van der Waals surface area (Å²) in [4.78, 5) is 4.75. The van der Waals surface area contributed by atoms with Crippen LogP contribution < -0.4 is 9.80 Å². The molecule has 0 saturated heterocycles. The van der Waals surface area contributed by atoms with Gasteiger partial charge in [-0.05, 0) is 88.3 Å². The SMILES string of the molecule is CC1(C)c2ccccc2-c2cccc(N(c3ccccc3)c3cccc(N(c4ccccc4)c4cccc5c4oc4c6ccccc6ccc54)c3)c21. The molecule has 1 aromatic heterocycles. The third-order valence-electron chi connectivity index (χ3n) is 10.8. The van der Waals surface area contributed by atoms with Crippen LogP contribution in [0.25, 0.3) is 43.8 Å².